The summed E-state index contributed by atoms with van der Waals surface area (Å²) in [6.45, 7) is 32.7. The van der Waals surface area contributed by atoms with E-state index in [4.69, 9.17) is 9.72 Å². The van der Waals surface area contributed by atoms with Crippen molar-refractivity contribution in [2.45, 2.75) is 124 Å². The Bertz CT molecular complexity index is 3150. The van der Waals surface area contributed by atoms with Crippen molar-refractivity contribution in [3.8, 4) is 17.3 Å². The lowest BCUT2D eigenvalue weighted by Crippen LogP contribution is -2.28. The molecule has 68 heavy (non-hydrogen) atoms. The Hall–Kier alpha value is -6.59. The van der Waals surface area contributed by atoms with Crippen molar-refractivity contribution < 1.29 is 4.74 Å². The van der Waals surface area contributed by atoms with E-state index < -0.39 is 0 Å². The van der Waals surface area contributed by atoms with Gasteiger partial charge in [-0.25, -0.2) is 4.98 Å². The molecule has 8 aromatic rings. The van der Waals surface area contributed by atoms with Crippen molar-refractivity contribution in [3.05, 3.63) is 197 Å². The van der Waals surface area contributed by atoms with Crippen molar-refractivity contribution in [2.75, 3.05) is 16.5 Å². The maximum absolute atomic E-state index is 7.17. The molecule has 0 radical (unpaired) electrons. The first kappa shape index (κ1) is 46.5. The quantitative estimate of drug-likeness (QED) is 0.152. The van der Waals surface area contributed by atoms with E-state index in [0.717, 1.165) is 45.3 Å². The van der Waals surface area contributed by atoms with Gasteiger partial charge in [0.25, 0.3) is 0 Å². The van der Waals surface area contributed by atoms with Crippen LogP contribution in [-0.2, 0) is 27.1 Å². The second-order valence-corrected chi connectivity index (χ2v) is 23.6. The summed E-state index contributed by atoms with van der Waals surface area (Å²) in [5.41, 5.74) is 13.9. The van der Waals surface area contributed by atoms with Crippen LogP contribution in [0.5, 0.6) is 11.5 Å². The molecule has 0 unspecified atom stereocenters. The fourth-order valence-electron chi connectivity index (χ4n) is 9.45. The highest BCUT2D eigenvalue weighted by atomic mass is 16.5. The minimum absolute atomic E-state index is 0.0000831. The first-order valence-corrected chi connectivity index (χ1v) is 24.4. The van der Waals surface area contributed by atoms with Gasteiger partial charge in [-0.3, -0.25) is 4.57 Å². The number of rotatable bonds is 8. The van der Waals surface area contributed by atoms with Crippen LogP contribution in [0, 0.1) is 0 Å². The number of nitrogens with zero attached hydrogens (tertiary/aromatic N) is 4. The summed E-state index contributed by atoms with van der Waals surface area (Å²) >= 11 is 0. The van der Waals surface area contributed by atoms with Crippen molar-refractivity contribution in [3.63, 3.8) is 0 Å². The van der Waals surface area contributed by atoms with Crippen molar-refractivity contribution in [1.29, 1.82) is 0 Å². The van der Waals surface area contributed by atoms with E-state index in [-0.39, 0.29) is 27.1 Å². The third kappa shape index (κ3) is 9.08. The second kappa shape index (κ2) is 16.9. The Morgan fingerprint density at radius 2 is 1.04 bits per heavy atom. The zero-order valence-corrected chi connectivity index (χ0v) is 42.9. The number of fused-ring (bicyclic) bond motifs is 3. The number of pyridine rings is 1. The van der Waals surface area contributed by atoms with Gasteiger partial charge >= 0.3 is 0 Å². The predicted octanol–water partition coefficient (Wildman–Crippen LogP) is 16.8. The summed E-state index contributed by atoms with van der Waals surface area (Å²) in [5.74, 6) is 2.44. The van der Waals surface area contributed by atoms with E-state index in [2.05, 4.69) is 263 Å². The lowest BCUT2D eigenvalue weighted by Gasteiger charge is -2.31. The zero-order chi connectivity index (χ0) is 48.6. The molecule has 6 aromatic carbocycles. The van der Waals surface area contributed by atoms with Gasteiger partial charge in [-0.15, -0.1) is 0 Å². The van der Waals surface area contributed by atoms with Gasteiger partial charge in [0.1, 0.15) is 17.3 Å². The highest BCUT2D eigenvalue weighted by Crippen LogP contribution is 2.44. The summed E-state index contributed by atoms with van der Waals surface area (Å²) < 4.78 is 9.48. The van der Waals surface area contributed by atoms with Crippen LogP contribution in [0.2, 0.25) is 0 Å². The number of hydrogen-bond donors (Lipinski definition) is 0. The van der Waals surface area contributed by atoms with E-state index in [1.54, 1.807) is 0 Å². The third-order valence-corrected chi connectivity index (χ3v) is 14.0. The Morgan fingerprint density at radius 3 is 1.68 bits per heavy atom. The molecule has 1 aliphatic heterocycles. The molecular weight excluding hydrogens is 829 g/mol. The fourth-order valence-corrected chi connectivity index (χ4v) is 9.45. The number of benzene rings is 6. The lowest BCUT2D eigenvalue weighted by molar-refractivity contribution is 0.480. The van der Waals surface area contributed by atoms with Crippen LogP contribution >= 0.6 is 0 Å². The molecule has 0 atom stereocenters. The minimum Gasteiger partial charge on any atom is -0.457 e. The van der Waals surface area contributed by atoms with Crippen LogP contribution in [0.15, 0.2) is 158 Å². The van der Waals surface area contributed by atoms with Crippen LogP contribution in [0.3, 0.4) is 0 Å². The maximum Gasteiger partial charge on any atom is 0.137 e. The molecule has 9 rings (SSSR count). The summed E-state index contributed by atoms with van der Waals surface area (Å²) in [6.07, 6.45) is 4.28. The van der Waals surface area contributed by atoms with Gasteiger partial charge in [0.2, 0.25) is 0 Å². The van der Waals surface area contributed by atoms with Gasteiger partial charge in [0, 0.05) is 52.1 Å². The average Bonchev–Trinajstić information content (AvgIpc) is 3.88. The standard InChI is InChI=1S/C63H70N4O/c1-59(2,3)44-25-28-55-54(36-44)53-27-26-51(39-56(53)67(55)58-37-45(29-30-64-58)60(4,5)6)68-52-35-48(63(13,14)43-23-19-16-20-24-43)34-50(38-52)66-41-65(40-57(66)42-21-17-15-18-22-42)49-32-46(61(7,8)9)31-47(33-49)62(10,11)12/h15-40H,41H2,1-14H3. The fraction of sp³-hybridized carbons (Fsp3) is 0.317. The first-order valence-electron chi connectivity index (χ1n) is 24.4. The van der Waals surface area contributed by atoms with Crippen LogP contribution in [0.4, 0.5) is 11.4 Å². The Morgan fingerprint density at radius 1 is 0.441 bits per heavy atom. The van der Waals surface area contributed by atoms with Gasteiger partial charge in [-0.2, -0.15) is 0 Å². The number of aromatic nitrogens is 2. The lowest BCUT2D eigenvalue weighted by atomic mass is 9.78. The molecule has 0 saturated heterocycles. The SMILES string of the molecule is CC(C)(C)c1cc(N2C=C(c3ccccc3)N(c3cc(Oc4ccc5c6cc(C(C)(C)C)ccc6n(-c6cc(C(C)(C)C)ccn6)c5c4)cc(C(C)(C)c4ccccc4)c3)C2)cc(C(C)(C)C)c1. The number of anilines is 2. The molecule has 0 amide bonds. The van der Waals surface area contributed by atoms with Gasteiger partial charge in [-0.1, -0.05) is 170 Å². The van der Waals surface area contributed by atoms with Gasteiger partial charge in [-0.05, 0) is 121 Å². The highest BCUT2D eigenvalue weighted by molar-refractivity contribution is 6.10. The molecule has 2 aromatic heterocycles. The Balaban J connectivity index is 1.21. The highest BCUT2D eigenvalue weighted by Gasteiger charge is 2.31. The Kier molecular flexibility index (Phi) is 11.5. The molecule has 0 bridgehead atoms. The molecule has 1 aliphatic rings. The normalized spacial score (nSPS) is 14.0. The van der Waals surface area contributed by atoms with E-state index in [1.807, 2.05) is 6.20 Å². The summed E-state index contributed by atoms with van der Waals surface area (Å²) in [5, 5.41) is 2.37. The second-order valence-electron chi connectivity index (χ2n) is 23.6. The van der Waals surface area contributed by atoms with Gasteiger partial charge in [0.05, 0.1) is 23.4 Å². The van der Waals surface area contributed by atoms with Crippen LogP contribution in [0.25, 0.3) is 33.3 Å². The summed E-state index contributed by atoms with van der Waals surface area (Å²) in [4.78, 5) is 9.88. The van der Waals surface area contributed by atoms with Crippen LogP contribution in [0.1, 0.15) is 136 Å². The molecule has 5 heteroatoms. The first-order chi connectivity index (χ1) is 31.9. The van der Waals surface area contributed by atoms with Gasteiger partial charge in [0.15, 0.2) is 0 Å². The monoisotopic (exact) mass is 899 g/mol. The molecule has 0 N–H and O–H groups in total. The largest absolute Gasteiger partial charge is 0.457 e. The summed E-state index contributed by atoms with van der Waals surface area (Å²) in [6, 6.07) is 53.5. The maximum atomic E-state index is 7.17. The average molecular weight is 899 g/mol. The molecule has 0 spiro atoms. The minimum atomic E-state index is -0.334. The molecule has 348 valence electrons. The van der Waals surface area contributed by atoms with E-state index in [9.17, 15) is 0 Å². The predicted molar refractivity (Wildman–Crippen MR) is 289 cm³/mol. The van der Waals surface area contributed by atoms with Crippen molar-refractivity contribution in [2.24, 2.45) is 0 Å². The molecule has 0 saturated carbocycles. The van der Waals surface area contributed by atoms with Crippen molar-refractivity contribution in [1.82, 2.24) is 9.55 Å². The van der Waals surface area contributed by atoms with Crippen molar-refractivity contribution >= 4 is 38.9 Å². The summed E-state index contributed by atoms with van der Waals surface area (Å²) in [7, 11) is 0. The van der Waals surface area contributed by atoms with Gasteiger partial charge < -0.3 is 14.5 Å². The third-order valence-electron chi connectivity index (χ3n) is 14.0. The molecule has 0 aliphatic carbocycles. The van der Waals surface area contributed by atoms with E-state index in [0.29, 0.717) is 6.67 Å². The van der Waals surface area contributed by atoms with Crippen LogP contribution < -0.4 is 14.5 Å². The smallest absolute Gasteiger partial charge is 0.137 e. The molecule has 0 fully saturated rings. The Labute approximate surface area is 406 Å². The topological polar surface area (TPSA) is 33.5 Å². The molecule has 3 heterocycles. The molecule has 5 nitrogen and oxygen atoms in total. The number of ether oxygens (including phenoxy) is 1. The van der Waals surface area contributed by atoms with E-state index in [1.165, 1.54) is 49.8 Å². The molecular formula is C63H70N4O. The van der Waals surface area contributed by atoms with Crippen LogP contribution in [-0.4, -0.2) is 16.2 Å². The van der Waals surface area contributed by atoms with E-state index >= 15 is 0 Å². The zero-order valence-electron chi connectivity index (χ0n) is 42.9. The number of hydrogen-bond acceptors (Lipinski definition) is 4.